The van der Waals surface area contributed by atoms with Crippen molar-refractivity contribution in [2.75, 3.05) is 25.0 Å². The predicted octanol–water partition coefficient (Wildman–Crippen LogP) is 1.49. The van der Waals surface area contributed by atoms with Crippen LogP contribution in [0.3, 0.4) is 0 Å². The van der Waals surface area contributed by atoms with Crippen LogP contribution in [0.5, 0.6) is 0 Å². The van der Waals surface area contributed by atoms with Crippen LogP contribution in [-0.2, 0) is 6.42 Å². The standard InChI is InChI=1S/C16H25N5/c1-20-11-5-6-15(20)13-10-18-16(19-14(13)8-11)21-7-3-2-4-12(21)9-17/h10-12,15H,2-9,17H2,1H3. The lowest BCUT2D eigenvalue weighted by Gasteiger charge is -2.37. The minimum absolute atomic E-state index is 0.416. The van der Waals surface area contributed by atoms with Gasteiger partial charge >= 0.3 is 0 Å². The summed E-state index contributed by atoms with van der Waals surface area (Å²) < 4.78 is 0. The molecule has 2 N–H and O–H groups in total. The Morgan fingerprint density at radius 1 is 1.29 bits per heavy atom. The second-order valence-electron chi connectivity index (χ2n) is 6.77. The SMILES string of the molecule is CN1C2CCC1c1cnc(N3CCCCC3CN)nc1C2. The van der Waals surface area contributed by atoms with Gasteiger partial charge in [-0.25, -0.2) is 9.97 Å². The minimum Gasteiger partial charge on any atom is -0.337 e. The van der Waals surface area contributed by atoms with Crippen molar-refractivity contribution in [1.29, 1.82) is 0 Å². The highest BCUT2D eigenvalue weighted by atomic mass is 15.3. The quantitative estimate of drug-likeness (QED) is 0.893. The Balaban J connectivity index is 1.65. The van der Waals surface area contributed by atoms with Gasteiger partial charge in [-0.2, -0.15) is 0 Å². The highest BCUT2D eigenvalue weighted by Gasteiger charge is 2.39. The molecule has 5 heteroatoms. The summed E-state index contributed by atoms with van der Waals surface area (Å²) in [5.74, 6) is 0.910. The topological polar surface area (TPSA) is 58.3 Å². The number of likely N-dealkylation sites (N-methyl/N-ethyl adjacent to an activating group) is 1. The molecule has 2 bridgehead atoms. The van der Waals surface area contributed by atoms with E-state index in [0.29, 0.717) is 24.7 Å². The average Bonchev–Trinajstić information content (AvgIpc) is 2.78. The highest BCUT2D eigenvalue weighted by Crippen LogP contribution is 2.42. The lowest BCUT2D eigenvalue weighted by atomic mass is 10.00. The number of rotatable bonds is 2. The maximum absolute atomic E-state index is 5.94. The first-order valence-corrected chi connectivity index (χ1v) is 8.32. The summed E-state index contributed by atoms with van der Waals surface area (Å²) in [5, 5.41) is 0. The molecule has 3 aliphatic heterocycles. The summed E-state index contributed by atoms with van der Waals surface area (Å²) in [5.41, 5.74) is 8.58. The zero-order chi connectivity index (χ0) is 14.4. The Labute approximate surface area is 126 Å². The van der Waals surface area contributed by atoms with E-state index in [-0.39, 0.29) is 0 Å². The van der Waals surface area contributed by atoms with Crippen molar-refractivity contribution in [3.05, 3.63) is 17.5 Å². The fourth-order valence-electron chi connectivity index (χ4n) is 4.36. The molecule has 21 heavy (non-hydrogen) atoms. The molecule has 0 aliphatic carbocycles. The van der Waals surface area contributed by atoms with Crippen molar-refractivity contribution < 1.29 is 0 Å². The summed E-state index contributed by atoms with van der Waals surface area (Å²) in [7, 11) is 2.24. The van der Waals surface area contributed by atoms with Crippen LogP contribution in [0.15, 0.2) is 6.20 Å². The van der Waals surface area contributed by atoms with Gasteiger partial charge in [0.15, 0.2) is 0 Å². The van der Waals surface area contributed by atoms with Crippen LogP contribution in [-0.4, -0.2) is 47.1 Å². The van der Waals surface area contributed by atoms with Crippen LogP contribution in [0.4, 0.5) is 5.95 Å². The van der Waals surface area contributed by atoms with Crippen molar-refractivity contribution >= 4 is 5.95 Å². The summed E-state index contributed by atoms with van der Waals surface area (Å²) >= 11 is 0. The second-order valence-corrected chi connectivity index (χ2v) is 6.77. The molecule has 0 aromatic carbocycles. The monoisotopic (exact) mass is 287 g/mol. The maximum Gasteiger partial charge on any atom is 0.225 e. The predicted molar refractivity (Wildman–Crippen MR) is 83.3 cm³/mol. The zero-order valence-electron chi connectivity index (χ0n) is 12.8. The van der Waals surface area contributed by atoms with Gasteiger partial charge in [0.1, 0.15) is 0 Å². The molecular formula is C16H25N5. The van der Waals surface area contributed by atoms with E-state index in [1.165, 1.54) is 43.4 Å². The molecule has 3 unspecified atom stereocenters. The van der Waals surface area contributed by atoms with Gasteiger partial charge < -0.3 is 10.6 Å². The van der Waals surface area contributed by atoms with E-state index >= 15 is 0 Å². The van der Waals surface area contributed by atoms with Gasteiger partial charge in [-0.05, 0) is 39.2 Å². The minimum atomic E-state index is 0.416. The molecule has 0 saturated carbocycles. The van der Waals surface area contributed by atoms with Crippen molar-refractivity contribution in [3.8, 4) is 0 Å². The molecule has 3 aliphatic rings. The van der Waals surface area contributed by atoms with Gasteiger partial charge in [0.25, 0.3) is 0 Å². The number of hydrogen-bond donors (Lipinski definition) is 1. The number of piperidine rings is 1. The number of nitrogens with two attached hydrogens (primary N) is 1. The van der Waals surface area contributed by atoms with Crippen LogP contribution in [0.25, 0.3) is 0 Å². The van der Waals surface area contributed by atoms with Crippen molar-refractivity contribution in [1.82, 2.24) is 14.9 Å². The lowest BCUT2D eigenvalue weighted by molar-refractivity contribution is 0.221. The Kier molecular flexibility index (Phi) is 3.34. The molecule has 0 spiro atoms. The van der Waals surface area contributed by atoms with Crippen LogP contribution in [0, 0.1) is 0 Å². The van der Waals surface area contributed by atoms with Gasteiger partial charge in [-0.15, -0.1) is 0 Å². The van der Waals surface area contributed by atoms with E-state index in [4.69, 9.17) is 15.7 Å². The highest BCUT2D eigenvalue weighted by molar-refractivity contribution is 5.38. The van der Waals surface area contributed by atoms with Gasteiger partial charge in [-0.3, -0.25) is 4.90 Å². The molecule has 0 amide bonds. The maximum atomic E-state index is 5.94. The van der Waals surface area contributed by atoms with Crippen molar-refractivity contribution in [3.63, 3.8) is 0 Å². The summed E-state index contributed by atoms with van der Waals surface area (Å²) in [6.07, 6.45) is 9.39. The molecule has 4 rings (SSSR count). The zero-order valence-corrected chi connectivity index (χ0v) is 12.8. The van der Waals surface area contributed by atoms with E-state index in [0.717, 1.165) is 18.9 Å². The largest absolute Gasteiger partial charge is 0.337 e. The summed E-state index contributed by atoms with van der Waals surface area (Å²) in [6, 6.07) is 1.64. The molecule has 5 nitrogen and oxygen atoms in total. The molecule has 114 valence electrons. The first kappa shape index (κ1) is 13.5. The molecule has 0 radical (unpaired) electrons. The summed E-state index contributed by atoms with van der Waals surface area (Å²) in [6.45, 7) is 1.75. The third kappa shape index (κ3) is 2.14. The Morgan fingerprint density at radius 2 is 2.19 bits per heavy atom. The second kappa shape index (κ2) is 5.21. The number of nitrogens with zero attached hydrogens (tertiary/aromatic N) is 4. The molecule has 2 saturated heterocycles. The van der Waals surface area contributed by atoms with E-state index in [2.05, 4.69) is 23.0 Å². The molecule has 1 aromatic rings. The number of aromatic nitrogens is 2. The lowest BCUT2D eigenvalue weighted by Crippen LogP contribution is -2.45. The third-order valence-corrected chi connectivity index (χ3v) is 5.67. The van der Waals surface area contributed by atoms with Gasteiger partial charge in [-0.1, -0.05) is 0 Å². The van der Waals surface area contributed by atoms with Crippen LogP contribution < -0.4 is 10.6 Å². The average molecular weight is 287 g/mol. The molecule has 2 fully saturated rings. The van der Waals surface area contributed by atoms with Crippen LogP contribution in [0.1, 0.15) is 49.4 Å². The van der Waals surface area contributed by atoms with Gasteiger partial charge in [0, 0.05) is 49.4 Å². The molecule has 4 heterocycles. The fraction of sp³-hybridized carbons (Fsp3) is 0.750. The Bertz CT molecular complexity index is 531. The smallest absolute Gasteiger partial charge is 0.225 e. The Morgan fingerprint density at radius 3 is 3.05 bits per heavy atom. The first-order chi connectivity index (χ1) is 10.3. The van der Waals surface area contributed by atoms with Crippen molar-refractivity contribution in [2.24, 2.45) is 5.73 Å². The number of fused-ring (bicyclic) bond motifs is 4. The Hall–Kier alpha value is -1.20. The van der Waals surface area contributed by atoms with Gasteiger partial charge in [0.05, 0.1) is 5.69 Å². The third-order valence-electron chi connectivity index (χ3n) is 5.67. The summed E-state index contributed by atoms with van der Waals surface area (Å²) in [4.78, 5) is 14.5. The van der Waals surface area contributed by atoms with E-state index in [1.807, 2.05) is 0 Å². The van der Waals surface area contributed by atoms with Gasteiger partial charge in [0.2, 0.25) is 5.95 Å². The van der Waals surface area contributed by atoms with Crippen LogP contribution >= 0.6 is 0 Å². The first-order valence-electron chi connectivity index (χ1n) is 8.32. The van der Waals surface area contributed by atoms with Crippen LogP contribution in [0.2, 0.25) is 0 Å². The van der Waals surface area contributed by atoms with E-state index in [9.17, 15) is 0 Å². The van der Waals surface area contributed by atoms with E-state index in [1.54, 1.807) is 0 Å². The molecule has 1 aromatic heterocycles. The number of hydrogen-bond acceptors (Lipinski definition) is 5. The normalized spacial score (nSPS) is 32.3. The fourth-order valence-corrected chi connectivity index (χ4v) is 4.36. The van der Waals surface area contributed by atoms with Crippen molar-refractivity contribution in [2.45, 2.75) is 56.7 Å². The molecular weight excluding hydrogens is 262 g/mol. The number of anilines is 1. The molecule has 3 atom stereocenters. The van der Waals surface area contributed by atoms with E-state index < -0.39 is 0 Å².